The number of carboxylic acid groups (broad SMARTS) is 1. The minimum Gasteiger partial charge on any atom is -0.491 e. The van der Waals surface area contributed by atoms with Gasteiger partial charge in [0.25, 0.3) is 0 Å². The molecule has 0 bridgehead atoms. The molecule has 0 amide bonds. The number of nitrogens with one attached hydrogen (secondary N) is 1. The van der Waals surface area contributed by atoms with Gasteiger partial charge in [0, 0.05) is 24.8 Å². The Balaban J connectivity index is 1.93. The van der Waals surface area contributed by atoms with Gasteiger partial charge in [0.15, 0.2) is 0 Å². The van der Waals surface area contributed by atoms with Crippen LogP contribution in [0.3, 0.4) is 0 Å². The molecule has 7 nitrogen and oxygen atoms in total. The van der Waals surface area contributed by atoms with Crippen LogP contribution in [-0.2, 0) is 6.54 Å². The monoisotopic (exact) mass is 427 g/mol. The molecule has 1 saturated heterocycles. The van der Waals surface area contributed by atoms with Gasteiger partial charge in [-0.1, -0.05) is 0 Å². The summed E-state index contributed by atoms with van der Waals surface area (Å²) in [5.74, 6) is 1.37. The molecule has 2 aromatic rings. The Bertz CT molecular complexity index is 833. The number of hydrogen-bond acceptors (Lipinski definition) is 6. The number of carboxylic acids is 1. The number of anilines is 1. The number of benzene rings is 1. The molecule has 0 spiro atoms. The molecule has 2 heterocycles. The SMILES string of the molecule is CC(C)Oc1cc(CN(c2ccc(C(=O)O)cn2)C2CCNCC2)cc(OC(C)C)c1. The third kappa shape index (κ3) is 6.59. The summed E-state index contributed by atoms with van der Waals surface area (Å²) in [6, 6.07) is 9.75. The lowest BCUT2D eigenvalue weighted by Gasteiger charge is -2.36. The summed E-state index contributed by atoms with van der Waals surface area (Å²) < 4.78 is 11.9. The second-order valence-corrected chi connectivity index (χ2v) is 8.47. The van der Waals surface area contributed by atoms with E-state index in [-0.39, 0.29) is 17.8 Å². The Labute approximate surface area is 184 Å². The maximum atomic E-state index is 11.2. The Hall–Kier alpha value is -2.80. The molecule has 0 radical (unpaired) electrons. The molecule has 1 aliphatic heterocycles. The van der Waals surface area contributed by atoms with Gasteiger partial charge < -0.3 is 24.8 Å². The second-order valence-electron chi connectivity index (χ2n) is 8.47. The Kier molecular flexibility index (Phi) is 7.74. The molecular formula is C24H33N3O4. The van der Waals surface area contributed by atoms with Gasteiger partial charge in [0.2, 0.25) is 0 Å². The maximum absolute atomic E-state index is 11.2. The molecule has 31 heavy (non-hydrogen) atoms. The van der Waals surface area contributed by atoms with Crippen molar-refractivity contribution in [1.82, 2.24) is 10.3 Å². The van der Waals surface area contributed by atoms with Crippen molar-refractivity contribution in [2.45, 2.75) is 65.3 Å². The fraction of sp³-hybridized carbons (Fsp3) is 0.500. The highest BCUT2D eigenvalue weighted by molar-refractivity contribution is 5.87. The van der Waals surface area contributed by atoms with E-state index in [0.29, 0.717) is 12.6 Å². The van der Waals surface area contributed by atoms with Crippen LogP contribution in [0.2, 0.25) is 0 Å². The normalized spacial score (nSPS) is 14.6. The van der Waals surface area contributed by atoms with Crippen molar-refractivity contribution < 1.29 is 19.4 Å². The van der Waals surface area contributed by atoms with Crippen LogP contribution in [0.1, 0.15) is 56.5 Å². The Morgan fingerprint density at radius 1 is 1.10 bits per heavy atom. The molecule has 0 aliphatic carbocycles. The van der Waals surface area contributed by atoms with Crippen LogP contribution in [0.25, 0.3) is 0 Å². The first kappa shape index (κ1) is 22.9. The number of hydrogen-bond donors (Lipinski definition) is 2. The molecule has 0 atom stereocenters. The minimum absolute atomic E-state index is 0.0629. The van der Waals surface area contributed by atoms with Gasteiger partial charge in [-0.3, -0.25) is 0 Å². The number of aromatic carboxylic acids is 1. The Morgan fingerprint density at radius 2 is 1.71 bits per heavy atom. The van der Waals surface area contributed by atoms with E-state index in [2.05, 4.69) is 15.2 Å². The average Bonchev–Trinajstić information content (AvgIpc) is 2.71. The molecule has 1 aliphatic rings. The quantitative estimate of drug-likeness (QED) is 0.623. The average molecular weight is 428 g/mol. The van der Waals surface area contributed by atoms with Crippen molar-refractivity contribution in [3.63, 3.8) is 0 Å². The van der Waals surface area contributed by atoms with Crippen molar-refractivity contribution in [1.29, 1.82) is 0 Å². The molecule has 3 rings (SSSR count). The topological polar surface area (TPSA) is 83.9 Å². The fourth-order valence-corrected chi connectivity index (χ4v) is 3.80. The Morgan fingerprint density at radius 3 is 2.19 bits per heavy atom. The highest BCUT2D eigenvalue weighted by Gasteiger charge is 2.23. The molecule has 168 valence electrons. The number of nitrogens with zero attached hydrogens (tertiary/aromatic N) is 2. The largest absolute Gasteiger partial charge is 0.491 e. The zero-order valence-corrected chi connectivity index (χ0v) is 18.8. The van der Waals surface area contributed by atoms with Crippen LogP contribution in [0.15, 0.2) is 36.5 Å². The molecule has 1 aromatic carbocycles. The molecule has 0 unspecified atom stereocenters. The first-order valence-corrected chi connectivity index (χ1v) is 11.0. The van der Waals surface area contributed by atoms with Crippen molar-refractivity contribution in [2.75, 3.05) is 18.0 Å². The van der Waals surface area contributed by atoms with E-state index in [1.54, 1.807) is 12.1 Å². The lowest BCUT2D eigenvalue weighted by atomic mass is 10.0. The number of aromatic nitrogens is 1. The van der Waals surface area contributed by atoms with Gasteiger partial charge >= 0.3 is 5.97 Å². The molecular weight excluding hydrogens is 394 g/mol. The van der Waals surface area contributed by atoms with E-state index in [1.807, 2.05) is 45.9 Å². The first-order valence-electron chi connectivity index (χ1n) is 11.0. The summed E-state index contributed by atoms with van der Waals surface area (Å²) >= 11 is 0. The van der Waals surface area contributed by atoms with Crippen molar-refractivity contribution in [3.05, 3.63) is 47.7 Å². The summed E-state index contributed by atoms with van der Waals surface area (Å²) in [4.78, 5) is 18.0. The maximum Gasteiger partial charge on any atom is 0.337 e. The molecule has 1 aromatic heterocycles. The summed E-state index contributed by atoms with van der Waals surface area (Å²) in [5.41, 5.74) is 1.26. The van der Waals surface area contributed by atoms with E-state index >= 15 is 0 Å². The van der Waals surface area contributed by atoms with Crippen molar-refractivity contribution in [3.8, 4) is 11.5 Å². The van der Waals surface area contributed by atoms with Gasteiger partial charge in [-0.25, -0.2) is 9.78 Å². The summed E-state index contributed by atoms with van der Waals surface area (Å²) in [5, 5.41) is 12.6. The van der Waals surface area contributed by atoms with Crippen LogP contribution in [-0.4, -0.2) is 47.4 Å². The lowest BCUT2D eigenvalue weighted by Crippen LogP contribution is -2.43. The van der Waals surface area contributed by atoms with E-state index in [0.717, 1.165) is 48.8 Å². The first-order chi connectivity index (χ1) is 14.8. The molecule has 0 saturated carbocycles. The predicted octanol–water partition coefficient (Wildman–Crippen LogP) is 4.11. The highest BCUT2D eigenvalue weighted by Crippen LogP contribution is 2.29. The summed E-state index contributed by atoms with van der Waals surface area (Å²) in [7, 11) is 0. The number of carbonyl (C=O) groups is 1. The molecule has 2 N–H and O–H groups in total. The van der Waals surface area contributed by atoms with Crippen molar-refractivity contribution in [2.24, 2.45) is 0 Å². The van der Waals surface area contributed by atoms with Crippen LogP contribution in [0.5, 0.6) is 11.5 Å². The zero-order valence-electron chi connectivity index (χ0n) is 18.8. The van der Waals surface area contributed by atoms with Gasteiger partial charge in [-0.05, 0) is 83.5 Å². The van der Waals surface area contributed by atoms with Crippen LogP contribution >= 0.6 is 0 Å². The summed E-state index contributed by atoms with van der Waals surface area (Å²) in [6.07, 6.45) is 3.55. The second kappa shape index (κ2) is 10.5. The van der Waals surface area contributed by atoms with Crippen molar-refractivity contribution >= 4 is 11.8 Å². The zero-order chi connectivity index (χ0) is 22.4. The van der Waals surface area contributed by atoms with Gasteiger partial charge in [-0.15, -0.1) is 0 Å². The van der Waals surface area contributed by atoms with Crippen LogP contribution < -0.4 is 19.7 Å². The third-order valence-corrected chi connectivity index (χ3v) is 5.07. The van der Waals surface area contributed by atoms with Gasteiger partial charge in [0.1, 0.15) is 17.3 Å². The number of pyridine rings is 1. The molecule has 7 heteroatoms. The van der Waals surface area contributed by atoms with Crippen LogP contribution in [0.4, 0.5) is 5.82 Å². The number of ether oxygens (including phenoxy) is 2. The van der Waals surface area contributed by atoms with Crippen LogP contribution in [0, 0.1) is 0 Å². The van der Waals surface area contributed by atoms with E-state index in [1.165, 1.54) is 6.20 Å². The van der Waals surface area contributed by atoms with E-state index < -0.39 is 5.97 Å². The lowest BCUT2D eigenvalue weighted by molar-refractivity contribution is 0.0696. The third-order valence-electron chi connectivity index (χ3n) is 5.07. The van der Waals surface area contributed by atoms with E-state index in [9.17, 15) is 9.90 Å². The standard InChI is InChI=1S/C24H33N3O4/c1-16(2)30-21-11-18(12-22(13-21)31-17(3)4)15-27(20-7-9-25-10-8-20)23-6-5-19(14-26-23)24(28)29/h5-6,11-14,16-17,20,25H,7-10,15H2,1-4H3,(H,28,29). The summed E-state index contributed by atoms with van der Waals surface area (Å²) in [6.45, 7) is 10.6. The van der Waals surface area contributed by atoms with Gasteiger partial charge in [0.05, 0.1) is 17.8 Å². The van der Waals surface area contributed by atoms with Gasteiger partial charge in [-0.2, -0.15) is 0 Å². The minimum atomic E-state index is -0.971. The number of piperidine rings is 1. The van der Waals surface area contributed by atoms with E-state index in [4.69, 9.17) is 9.47 Å². The number of rotatable bonds is 9. The highest BCUT2D eigenvalue weighted by atomic mass is 16.5. The molecule has 1 fully saturated rings. The fourth-order valence-electron chi connectivity index (χ4n) is 3.80. The smallest absolute Gasteiger partial charge is 0.337 e. The predicted molar refractivity (Wildman–Crippen MR) is 121 cm³/mol.